The molecule has 3 N–H and O–H groups in total. The number of hydrogen-bond acceptors (Lipinski definition) is 3. The predicted molar refractivity (Wildman–Crippen MR) is 97.9 cm³/mol. The van der Waals surface area contributed by atoms with Crippen LogP contribution in [0, 0.1) is 12.7 Å². The van der Waals surface area contributed by atoms with E-state index in [1.54, 1.807) is 6.07 Å². The summed E-state index contributed by atoms with van der Waals surface area (Å²) in [5.74, 6) is -0.417. The predicted octanol–water partition coefficient (Wildman–Crippen LogP) is 2.92. The fourth-order valence-corrected chi connectivity index (χ4v) is 3.22. The maximum atomic E-state index is 13.4. The Morgan fingerprint density at radius 2 is 2.04 bits per heavy atom. The summed E-state index contributed by atoms with van der Waals surface area (Å²) in [7, 11) is 0. The summed E-state index contributed by atoms with van der Waals surface area (Å²) >= 11 is 0. The Hall–Kier alpha value is -2.40. The maximum absolute atomic E-state index is 13.4. The largest absolute Gasteiger partial charge is 0.369 e. The molecule has 0 aromatic heterocycles. The van der Waals surface area contributed by atoms with Gasteiger partial charge in [-0.2, -0.15) is 0 Å². The molecule has 0 saturated carbocycles. The number of nitrogens with one attached hydrogen (secondary N) is 1. The molecule has 3 rings (SSSR count). The molecule has 2 aromatic carbocycles. The zero-order chi connectivity index (χ0) is 17.8. The van der Waals surface area contributed by atoms with Crippen molar-refractivity contribution in [1.82, 2.24) is 5.32 Å². The molecule has 2 aromatic rings. The molecule has 25 heavy (non-hydrogen) atoms. The minimum atomic E-state index is -0.676. The molecular formula is C20H24FN3O. The standard InChI is InChI=1S/C20H24FN3O/c1-14-7-9-15(10-8-14)19(22)20(25)23-17-5-3-11-24(13-17)18-6-2-4-16(21)12-18/h2,4,6-10,12,17,19H,3,5,11,13,22H2,1H3,(H,23,25). The first-order valence-corrected chi connectivity index (χ1v) is 8.66. The number of piperidine rings is 1. The van der Waals surface area contributed by atoms with Gasteiger partial charge in [-0.1, -0.05) is 35.9 Å². The summed E-state index contributed by atoms with van der Waals surface area (Å²) in [5, 5.41) is 3.05. The first kappa shape index (κ1) is 17.4. The summed E-state index contributed by atoms with van der Waals surface area (Å²) in [6.45, 7) is 3.52. The van der Waals surface area contributed by atoms with Crippen LogP contribution >= 0.6 is 0 Å². The average Bonchev–Trinajstić information content (AvgIpc) is 2.62. The third-order valence-electron chi connectivity index (χ3n) is 4.66. The van der Waals surface area contributed by atoms with Crippen LogP contribution in [0.5, 0.6) is 0 Å². The first-order chi connectivity index (χ1) is 12.0. The Morgan fingerprint density at radius 3 is 2.76 bits per heavy atom. The van der Waals surface area contributed by atoms with Gasteiger partial charge in [0.15, 0.2) is 0 Å². The fourth-order valence-electron chi connectivity index (χ4n) is 3.22. The van der Waals surface area contributed by atoms with Gasteiger partial charge in [0.1, 0.15) is 11.9 Å². The molecule has 0 aliphatic carbocycles. The van der Waals surface area contributed by atoms with Crippen LogP contribution in [0.3, 0.4) is 0 Å². The van der Waals surface area contributed by atoms with Gasteiger partial charge in [0.2, 0.25) is 5.91 Å². The number of anilines is 1. The molecule has 2 unspecified atom stereocenters. The molecule has 132 valence electrons. The number of halogens is 1. The van der Waals surface area contributed by atoms with Gasteiger partial charge in [-0.3, -0.25) is 4.79 Å². The number of nitrogens with zero attached hydrogens (tertiary/aromatic N) is 1. The molecule has 1 amide bonds. The smallest absolute Gasteiger partial charge is 0.241 e. The highest BCUT2D eigenvalue weighted by Gasteiger charge is 2.24. The molecule has 2 atom stereocenters. The van der Waals surface area contributed by atoms with Crippen molar-refractivity contribution in [1.29, 1.82) is 0 Å². The van der Waals surface area contributed by atoms with E-state index in [2.05, 4.69) is 10.2 Å². The van der Waals surface area contributed by atoms with E-state index in [0.717, 1.165) is 36.2 Å². The van der Waals surface area contributed by atoms with Gasteiger partial charge in [0.25, 0.3) is 0 Å². The second-order valence-corrected chi connectivity index (χ2v) is 6.66. The van der Waals surface area contributed by atoms with Crippen LogP contribution in [-0.2, 0) is 4.79 Å². The minimum absolute atomic E-state index is 0.0148. The van der Waals surface area contributed by atoms with E-state index in [4.69, 9.17) is 5.73 Å². The second kappa shape index (κ2) is 7.66. The van der Waals surface area contributed by atoms with Gasteiger partial charge in [-0.15, -0.1) is 0 Å². The quantitative estimate of drug-likeness (QED) is 0.899. The number of carbonyl (C=O) groups is 1. The van der Waals surface area contributed by atoms with Crippen molar-refractivity contribution in [2.24, 2.45) is 5.73 Å². The number of amides is 1. The number of benzene rings is 2. The highest BCUT2D eigenvalue weighted by molar-refractivity contribution is 5.83. The van der Waals surface area contributed by atoms with Gasteiger partial charge < -0.3 is 16.0 Å². The highest BCUT2D eigenvalue weighted by Crippen LogP contribution is 2.21. The van der Waals surface area contributed by atoms with Crippen LogP contribution in [0.25, 0.3) is 0 Å². The second-order valence-electron chi connectivity index (χ2n) is 6.66. The van der Waals surface area contributed by atoms with Gasteiger partial charge >= 0.3 is 0 Å². The number of nitrogens with two attached hydrogens (primary N) is 1. The molecule has 4 nitrogen and oxygen atoms in total. The Morgan fingerprint density at radius 1 is 1.28 bits per heavy atom. The monoisotopic (exact) mass is 341 g/mol. The Balaban J connectivity index is 1.62. The van der Waals surface area contributed by atoms with Crippen LogP contribution in [0.1, 0.15) is 30.0 Å². The fraction of sp³-hybridized carbons (Fsp3) is 0.350. The minimum Gasteiger partial charge on any atom is -0.369 e. The van der Waals surface area contributed by atoms with Crippen LogP contribution in [0.4, 0.5) is 10.1 Å². The lowest BCUT2D eigenvalue weighted by Gasteiger charge is -2.35. The topological polar surface area (TPSA) is 58.4 Å². The summed E-state index contributed by atoms with van der Waals surface area (Å²) in [5.41, 5.74) is 8.89. The van der Waals surface area contributed by atoms with Crippen molar-refractivity contribution in [2.45, 2.75) is 31.8 Å². The molecule has 1 saturated heterocycles. The lowest BCUT2D eigenvalue weighted by atomic mass is 10.0. The third kappa shape index (κ3) is 4.37. The van der Waals surface area contributed by atoms with Gasteiger partial charge in [0.05, 0.1) is 0 Å². The van der Waals surface area contributed by atoms with Crippen molar-refractivity contribution in [3.63, 3.8) is 0 Å². The van der Waals surface area contributed by atoms with Crippen molar-refractivity contribution in [3.05, 3.63) is 65.5 Å². The van der Waals surface area contributed by atoms with Crippen LogP contribution < -0.4 is 16.0 Å². The van der Waals surface area contributed by atoms with E-state index in [0.29, 0.717) is 6.54 Å². The zero-order valence-electron chi connectivity index (χ0n) is 14.4. The normalized spacial score (nSPS) is 18.7. The average molecular weight is 341 g/mol. The Labute approximate surface area is 147 Å². The Bertz CT molecular complexity index is 732. The number of rotatable bonds is 4. The van der Waals surface area contributed by atoms with Crippen molar-refractivity contribution in [2.75, 3.05) is 18.0 Å². The molecule has 1 aliphatic rings. The molecule has 0 spiro atoms. The summed E-state index contributed by atoms with van der Waals surface area (Å²) in [6, 6.07) is 13.6. The van der Waals surface area contributed by atoms with Gasteiger partial charge in [0, 0.05) is 24.8 Å². The van der Waals surface area contributed by atoms with E-state index >= 15 is 0 Å². The number of carbonyl (C=O) groups excluding carboxylic acids is 1. The first-order valence-electron chi connectivity index (χ1n) is 8.66. The van der Waals surface area contributed by atoms with E-state index < -0.39 is 6.04 Å². The summed E-state index contributed by atoms with van der Waals surface area (Å²) in [4.78, 5) is 14.6. The van der Waals surface area contributed by atoms with E-state index in [1.165, 1.54) is 12.1 Å². The van der Waals surface area contributed by atoms with Crippen LogP contribution in [0.2, 0.25) is 0 Å². The van der Waals surface area contributed by atoms with E-state index in [-0.39, 0.29) is 17.8 Å². The number of aryl methyl sites for hydroxylation is 1. The molecule has 0 radical (unpaired) electrons. The van der Waals surface area contributed by atoms with Gasteiger partial charge in [-0.25, -0.2) is 4.39 Å². The summed E-state index contributed by atoms with van der Waals surface area (Å²) in [6.07, 6.45) is 1.85. The summed E-state index contributed by atoms with van der Waals surface area (Å²) < 4.78 is 13.4. The van der Waals surface area contributed by atoms with Crippen molar-refractivity contribution in [3.8, 4) is 0 Å². The molecule has 1 aliphatic heterocycles. The van der Waals surface area contributed by atoms with Crippen LogP contribution in [-0.4, -0.2) is 25.0 Å². The van der Waals surface area contributed by atoms with E-state index in [1.807, 2.05) is 37.3 Å². The highest BCUT2D eigenvalue weighted by atomic mass is 19.1. The van der Waals surface area contributed by atoms with Crippen molar-refractivity contribution < 1.29 is 9.18 Å². The number of hydrogen-bond donors (Lipinski definition) is 2. The van der Waals surface area contributed by atoms with Gasteiger partial charge in [-0.05, 0) is 43.5 Å². The molecule has 1 heterocycles. The SMILES string of the molecule is Cc1ccc(C(N)C(=O)NC2CCCN(c3cccc(F)c3)C2)cc1. The van der Waals surface area contributed by atoms with Crippen molar-refractivity contribution >= 4 is 11.6 Å². The maximum Gasteiger partial charge on any atom is 0.241 e. The zero-order valence-corrected chi connectivity index (χ0v) is 14.4. The molecule has 1 fully saturated rings. The lowest BCUT2D eigenvalue weighted by molar-refractivity contribution is -0.123. The van der Waals surface area contributed by atoms with E-state index in [9.17, 15) is 9.18 Å². The molecule has 5 heteroatoms. The molecular weight excluding hydrogens is 317 g/mol. The lowest BCUT2D eigenvalue weighted by Crippen LogP contribution is -2.50. The third-order valence-corrected chi connectivity index (χ3v) is 4.66. The Kier molecular flexibility index (Phi) is 5.34. The molecule has 0 bridgehead atoms. The van der Waals surface area contributed by atoms with Crippen LogP contribution in [0.15, 0.2) is 48.5 Å².